The van der Waals surface area contributed by atoms with Crippen LogP contribution in [0, 0.1) is 6.92 Å². The number of amides is 2. The molecule has 0 fully saturated rings. The minimum Gasteiger partial charge on any atom is -0.352 e. The molecule has 1 atom stereocenters. The van der Waals surface area contributed by atoms with Crippen LogP contribution in [0.2, 0.25) is 0 Å². The van der Waals surface area contributed by atoms with Crippen LogP contribution in [-0.4, -0.2) is 28.8 Å². The third-order valence-corrected chi connectivity index (χ3v) is 5.69. The summed E-state index contributed by atoms with van der Waals surface area (Å²) in [6.45, 7) is 12.7. The van der Waals surface area contributed by atoms with E-state index in [1.54, 1.807) is 4.90 Å². The molecule has 168 valence electrons. The van der Waals surface area contributed by atoms with Crippen molar-refractivity contribution in [2.45, 2.75) is 85.4 Å². The first-order valence-electron chi connectivity index (χ1n) is 11.5. The Labute approximate surface area is 188 Å². The monoisotopic (exact) mass is 422 g/mol. The first kappa shape index (κ1) is 24.6. The Hall–Kier alpha value is -2.62. The highest BCUT2D eigenvalue weighted by molar-refractivity contribution is 5.87. The molecule has 31 heavy (non-hydrogen) atoms. The summed E-state index contributed by atoms with van der Waals surface area (Å²) in [7, 11) is 0. The molecule has 0 aliphatic carbocycles. The summed E-state index contributed by atoms with van der Waals surface area (Å²) in [5.74, 6) is 0.424. The molecule has 0 spiro atoms. The van der Waals surface area contributed by atoms with Crippen LogP contribution in [0.1, 0.15) is 75.6 Å². The lowest BCUT2D eigenvalue weighted by Gasteiger charge is -2.31. The molecule has 0 saturated carbocycles. The lowest BCUT2D eigenvalue weighted by Crippen LogP contribution is -2.50. The summed E-state index contributed by atoms with van der Waals surface area (Å²) in [5.41, 5.74) is 4.65. The van der Waals surface area contributed by atoms with Crippen LogP contribution in [0.3, 0.4) is 0 Å². The zero-order valence-electron chi connectivity index (χ0n) is 19.9. The molecule has 2 aromatic carbocycles. The van der Waals surface area contributed by atoms with Gasteiger partial charge in [0.05, 0.1) is 0 Å². The number of carbonyl (C=O) groups excluding carboxylic acids is 2. The van der Waals surface area contributed by atoms with Gasteiger partial charge >= 0.3 is 0 Å². The van der Waals surface area contributed by atoms with Gasteiger partial charge in [0.1, 0.15) is 6.04 Å². The van der Waals surface area contributed by atoms with E-state index >= 15 is 0 Å². The summed E-state index contributed by atoms with van der Waals surface area (Å²) in [6.07, 6.45) is 1.64. The van der Waals surface area contributed by atoms with Crippen molar-refractivity contribution < 1.29 is 9.59 Å². The van der Waals surface area contributed by atoms with E-state index in [0.29, 0.717) is 31.7 Å². The average Bonchev–Trinajstić information content (AvgIpc) is 2.73. The van der Waals surface area contributed by atoms with Crippen molar-refractivity contribution in [2.75, 3.05) is 0 Å². The second kappa shape index (κ2) is 11.7. The lowest BCUT2D eigenvalue weighted by atomic mass is 10.00. The number of hydrogen-bond acceptors (Lipinski definition) is 2. The molecule has 1 N–H and O–H groups in total. The van der Waals surface area contributed by atoms with E-state index in [2.05, 4.69) is 43.4 Å². The number of aryl methyl sites for hydroxylation is 2. The maximum absolute atomic E-state index is 13.3. The SMILES string of the molecule is CCC(C(=O)NC(C)C)N(Cc1ccccc1C)C(=O)CCc1ccc(C(C)C)cc1. The highest BCUT2D eigenvalue weighted by atomic mass is 16.2. The number of hydrogen-bond donors (Lipinski definition) is 1. The average molecular weight is 423 g/mol. The molecular weight excluding hydrogens is 384 g/mol. The van der Waals surface area contributed by atoms with E-state index in [4.69, 9.17) is 0 Å². The second-order valence-electron chi connectivity index (χ2n) is 8.93. The normalized spacial score (nSPS) is 12.1. The van der Waals surface area contributed by atoms with Crippen molar-refractivity contribution in [3.8, 4) is 0 Å². The molecule has 0 saturated heterocycles. The van der Waals surface area contributed by atoms with Gasteiger partial charge in [-0.05, 0) is 61.8 Å². The van der Waals surface area contributed by atoms with E-state index in [-0.39, 0.29) is 17.9 Å². The van der Waals surface area contributed by atoms with Crippen LogP contribution in [-0.2, 0) is 22.6 Å². The topological polar surface area (TPSA) is 49.4 Å². The number of carbonyl (C=O) groups is 2. The maximum Gasteiger partial charge on any atom is 0.243 e. The van der Waals surface area contributed by atoms with Crippen molar-refractivity contribution in [1.82, 2.24) is 10.2 Å². The number of nitrogens with zero attached hydrogens (tertiary/aromatic N) is 1. The van der Waals surface area contributed by atoms with E-state index in [9.17, 15) is 9.59 Å². The van der Waals surface area contributed by atoms with E-state index in [1.165, 1.54) is 5.56 Å². The standard InChI is InChI=1S/C27H38N2O2/c1-7-25(27(31)28-20(4)5)29(18-24-11-9-8-10-21(24)6)26(30)17-14-22-12-15-23(16-13-22)19(2)3/h8-13,15-16,19-20,25H,7,14,17-18H2,1-6H3,(H,28,31). The van der Waals surface area contributed by atoms with Crippen LogP contribution in [0.5, 0.6) is 0 Å². The second-order valence-corrected chi connectivity index (χ2v) is 8.93. The summed E-state index contributed by atoms with van der Waals surface area (Å²) < 4.78 is 0. The van der Waals surface area contributed by atoms with Gasteiger partial charge in [-0.2, -0.15) is 0 Å². The lowest BCUT2D eigenvalue weighted by molar-refractivity contribution is -0.141. The largest absolute Gasteiger partial charge is 0.352 e. The molecule has 0 aliphatic heterocycles. The summed E-state index contributed by atoms with van der Waals surface area (Å²) in [5, 5.41) is 2.99. The Balaban J connectivity index is 2.20. The van der Waals surface area contributed by atoms with Gasteiger partial charge in [0.15, 0.2) is 0 Å². The zero-order chi connectivity index (χ0) is 23.0. The fourth-order valence-corrected chi connectivity index (χ4v) is 3.74. The fourth-order valence-electron chi connectivity index (χ4n) is 3.74. The summed E-state index contributed by atoms with van der Waals surface area (Å²) in [4.78, 5) is 28.0. The summed E-state index contributed by atoms with van der Waals surface area (Å²) >= 11 is 0. The quantitative estimate of drug-likeness (QED) is 0.559. The number of nitrogens with one attached hydrogen (secondary N) is 1. The van der Waals surface area contributed by atoms with Crippen LogP contribution in [0.15, 0.2) is 48.5 Å². The smallest absolute Gasteiger partial charge is 0.243 e. The van der Waals surface area contributed by atoms with Crippen molar-refractivity contribution in [3.05, 3.63) is 70.8 Å². The first-order chi connectivity index (χ1) is 14.7. The van der Waals surface area contributed by atoms with Gasteiger partial charge in [0.2, 0.25) is 11.8 Å². The molecule has 4 nitrogen and oxygen atoms in total. The predicted molar refractivity (Wildman–Crippen MR) is 128 cm³/mol. The van der Waals surface area contributed by atoms with Crippen LogP contribution < -0.4 is 5.32 Å². The molecule has 4 heteroatoms. The Morgan fingerprint density at radius 1 is 0.968 bits per heavy atom. The Morgan fingerprint density at radius 2 is 1.61 bits per heavy atom. The van der Waals surface area contributed by atoms with Gasteiger partial charge < -0.3 is 10.2 Å². The molecular formula is C27H38N2O2. The third-order valence-electron chi connectivity index (χ3n) is 5.69. The van der Waals surface area contributed by atoms with Crippen LogP contribution >= 0.6 is 0 Å². The molecule has 1 unspecified atom stereocenters. The zero-order valence-corrected chi connectivity index (χ0v) is 19.9. The third kappa shape index (κ3) is 7.23. The van der Waals surface area contributed by atoms with Gasteiger partial charge in [-0.1, -0.05) is 69.3 Å². The van der Waals surface area contributed by atoms with Gasteiger partial charge in [-0.15, -0.1) is 0 Å². The Kier molecular flexibility index (Phi) is 9.29. The van der Waals surface area contributed by atoms with Crippen molar-refractivity contribution >= 4 is 11.8 Å². The minimum atomic E-state index is -0.474. The van der Waals surface area contributed by atoms with Gasteiger partial charge in [0, 0.05) is 19.0 Å². The van der Waals surface area contributed by atoms with E-state index in [1.807, 2.05) is 52.0 Å². The van der Waals surface area contributed by atoms with Crippen molar-refractivity contribution in [3.63, 3.8) is 0 Å². The number of benzene rings is 2. The Morgan fingerprint density at radius 3 is 2.16 bits per heavy atom. The summed E-state index contributed by atoms with van der Waals surface area (Å²) in [6, 6.07) is 16.1. The molecule has 0 aliphatic rings. The van der Waals surface area contributed by atoms with E-state index in [0.717, 1.165) is 16.7 Å². The van der Waals surface area contributed by atoms with Crippen LogP contribution in [0.4, 0.5) is 0 Å². The van der Waals surface area contributed by atoms with Crippen molar-refractivity contribution in [2.24, 2.45) is 0 Å². The maximum atomic E-state index is 13.3. The molecule has 2 amide bonds. The highest BCUT2D eigenvalue weighted by Crippen LogP contribution is 2.19. The van der Waals surface area contributed by atoms with Gasteiger partial charge in [-0.3, -0.25) is 9.59 Å². The molecule has 2 aromatic rings. The molecule has 2 rings (SSSR count). The molecule has 0 aromatic heterocycles. The van der Waals surface area contributed by atoms with E-state index < -0.39 is 6.04 Å². The first-order valence-corrected chi connectivity index (χ1v) is 11.5. The fraction of sp³-hybridized carbons (Fsp3) is 0.481. The molecule has 0 radical (unpaired) electrons. The number of rotatable bonds is 10. The molecule has 0 bridgehead atoms. The van der Waals surface area contributed by atoms with Crippen molar-refractivity contribution in [1.29, 1.82) is 0 Å². The highest BCUT2D eigenvalue weighted by Gasteiger charge is 2.29. The van der Waals surface area contributed by atoms with Crippen LogP contribution in [0.25, 0.3) is 0 Å². The minimum absolute atomic E-state index is 0.0157. The predicted octanol–water partition coefficient (Wildman–Crippen LogP) is 5.38. The molecule has 0 heterocycles. The Bertz CT molecular complexity index is 856. The van der Waals surface area contributed by atoms with Gasteiger partial charge in [0.25, 0.3) is 0 Å². The van der Waals surface area contributed by atoms with Gasteiger partial charge in [-0.25, -0.2) is 0 Å².